The Bertz CT molecular complexity index is 1660. The second kappa shape index (κ2) is 7.17. The maximum atomic E-state index is 13.7. The number of halogens is 2. The lowest BCUT2D eigenvalue weighted by Gasteiger charge is -2.39. The SMILES string of the molecule is [C-]#[N+]c1ccc2ncn(-c3nc(N4CC(F)(F)C4)c4[nH]c(=O)n(Cc5cccnc5)c4n3)c2c1. The van der Waals surface area contributed by atoms with Crippen molar-refractivity contribution in [1.29, 1.82) is 0 Å². The van der Waals surface area contributed by atoms with Crippen LogP contribution in [0, 0.1) is 6.57 Å². The van der Waals surface area contributed by atoms with Crippen LogP contribution in [0.1, 0.15) is 5.56 Å². The van der Waals surface area contributed by atoms with E-state index >= 15 is 0 Å². The molecular formula is C22H15F2N9O. The molecule has 10 nitrogen and oxygen atoms in total. The number of aromatic amines is 1. The monoisotopic (exact) mass is 459 g/mol. The van der Waals surface area contributed by atoms with Gasteiger partial charge in [-0.2, -0.15) is 9.97 Å². The van der Waals surface area contributed by atoms with Gasteiger partial charge in [0.2, 0.25) is 5.95 Å². The molecule has 6 rings (SSSR count). The standard InChI is InChI=1S/C22H15F2N9O/c1-25-14-4-5-15-16(7-14)33(12-27-15)20-29-18(31-10-22(23,24)11-31)17-19(30-20)32(21(34)28-17)9-13-3-2-6-26-8-13/h2-8,12H,9-11H2,(H,28,34). The molecule has 0 atom stereocenters. The number of pyridine rings is 1. The first-order valence-corrected chi connectivity index (χ1v) is 10.3. The van der Waals surface area contributed by atoms with Gasteiger partial charge in [-0.3, -0.25) is 14.1 Å². The summed E-state index contributed by atoms with van der Waals surface area (Å²) in [6.45, 7) is 6.45. The Balaban J connectivity index is 1.57. The van der Waals surface area contributed by atoms with Crippen molar-refractivity contribution in [1.82, 2.24) is 34.1 Å². The zero-order valence-corrected chi connectivity index (χ0v) is 17.5. The molecule has 1 aliphatic rings. The molecule has 34 heavy (non-hydrogen) atoms. The molecule has 0 radical (unpaired) electrons. The molecule has 168 valence electrons. The Morgan fingerprint density at radius 2 is 2.06 bits per heavy atom. The Morgan fingerprint density at radius 1 is 1.21 bits per heavy atom. The van der Waals surface area contributed by atoms with Crippen LogP contribution in [0.4, 0.5) is 20.3 Å². The summed E-state index contributed by atoms with van der Waals surface area (Å²) in [6, 6.07) is 8.60. The minimum Gasteiger partial charge on any atom is -0.342 e. The summed E-state index contributed by atoms with van der Waals surface area (Å²) in [6.07, 6.45) is 4.77. The zero-order chi connectivity index (χ0) is 23.4. The molecule has 0 spiro atoms. The number of nitrogens with one attached hydrogen (secondary N) is 1. The number of rotatable bonds is 4. The van der Waals surface area contributed by atoms with Gasteiger partial charge in [-0.1, -0.05) is 12.1 Å². The third-order valence-electron chi connectivity index (χ3n) is 5.67. The number of H-pyrrole nitrogens is 1. The number of anilines is 1. The van der Waals surface area contributed by atoms with Crippen LogP contribution in [-0.2, 0) is 6.54 Å². The van der Waals surface area contributed by atoms with E-state index in [1.165, 1.54) is 15.8 Å². The number of hydrogen-bond donors (Lipinski definition) is 1. The highest BCUT2D eigenvalue weighted by Gasteiger charge is 2.45. The van der Waals surface area contributed by atoms with Gasteiger partial charge in [-0.05, 0) is 23.8 Å². The van der Waals surface area contributed by atoms with Crippen molar-refractivity contribution in [2.24, 2.45) is 0 Å². The largest absolute Gasteiger partial charge is 0.342 e. The number of hydrogen-bond acceptors (Lipinski definition) is 6. The van der Waals surface area contributed by atoms with E-state index in [9.17, 15) is 13.6 Å². The fourth-order valence-electron chi connectivity index (χ4n) is 4.05. The highest BCUT2D eigenvalue weighted by molar-refractivity contribution is 5.86. The normalized spacial score (nSPS) is 14.9. The molecule has 12 heteroatoms. The molecule has 0 aliphatic carbocycles. The van der Waals surface area contributed by atoms with Crippen molar-refractivity contribution in [3.8, 4) is 5.95 Å². The Kier molecular flexibility index (Phi) is 4.22. The second-order valence-electron chi connectivity index (χ2n) is 8.03. The summed E-state index contributed by atoms with van der Waals surface area (Å²) in [5.41, 5.74) is 2.50. The van der Waals surface area contributed by atoms with E-state index in [-0.39, 0.29) is 29.5 Å². The van der Waals surface area contributed by atoms with E-state index in [4.69, 9.17) is 6.57 Å². The smallest absolute Gasteiger partial charge is 0.328 e. The van der Waals surface area contributed by atoms with Crippen LogP contribution < -0.4 is 10.6 Å². The number of aromatic nitrogens is 7. The Labute approximate surface area is 190 Å². The molecule has 4 aromatic heterocycles. The summed E-state index contributed by atoms with van der Waals surface area (Å²) in [5, 5.41) is 0. The number of alkyl halides is 2. The van der Waals surface area contributed by atoms with Gasteiger partial charge in [0, 0.05) is 12.4 Å². The van der Waals surface area contributed by atoms with Crippen molar-refractivity contribution in [2.45, 2.75) is 12.5 Å². The number of nitrogens with zero attached hydrogens (tertiary/aromatic N) is 8. The quantitative estimate of drug-likeness (QED) is 0.415. The Morgan fingerprint density at radius 3 is 2.79 bits per heavy atom. The average molecular weight is 459 g/mol. The van der Waals surface area contributed by atoms with Crippen LogP contribution in [-0.4, -0.2) is 53.1 Å². The van der Waals surface area contributed by atoms with Gasteiger partial charge < -0.3 is 9.88 Å². The lowest BCUT2D eigenvalue weighted by Crippen LogP contribution is -2.56. The maximum absolute atomic E-state index is 13.7. The molecule has 1 fully saturated rings. The summed E-state index contributed by atoms with van der Waals surface area (Å²) in [4.78, 5) is 38.0. The van der Waals surface area contributed by atoms with Crippen molar-refractivity contribution < 1.29 is 8.78 Å². The van der Waals surface area contributed by atoms with Gasteiger partial charge in [-0.25, -0.2) is 23.4 Å². The van der Waals surface area contributed by atoms with Gasteiger partial charge in [0.05, 0.1) is 37.2 Å². The van der Waals surface area contributed by atoms with Gasteiger partial charge >= 0.3 is 5.69 Å². The van der Waals surface area contributed by atoms with Crippen molar-refractivity contribution in [3.63, 3.8) is 0 Å². The highest BCUT2D eigenvalue weighted by Crippen LogP contribution is 2.34. The van der Waals surface area contributed by atoms with E-state index in [1.54, 1.807) is 41.2 Å². The van der Waals surface area contributed by atoms with E-state index in [2.05, 4.69) is 29.8 Å². The van der Waals surface area contributed by atoms with Gasteiger partial charge in [-0.15, -0.1) is 0 Å². The summed E-state index contributed by atoms with van der Waals surface area (Å²) >= 11 is 0. The summed E-state index contributed by atoms with van der Waals surface area (Å²) in [5.74, 6) is -2.47. The maximum Gasteiger partial charge on any atom is 0.328 e. The molecule has 0 saturated carbocycles. The van der Waals surface area contributed by atoms with Gasteiger partial charge in [0.25, 0.3) is 5.92 Å². The third-order valence-corrected chi connectivity index (χ3v) is 5.67. The minimum atomic E-state index is -2.83. The first kappa shape index (κ1) is 20.0. The van der Waals surface area contributed by atoms with Gasteiger partial charge in [0.1, 0.15) is 11.8 Å². The van der Waals surface area contributed by atoms with E-state index in [1.807, 2.05) is 6.07 Å². The number of benzene rings is 1. The molecule has 1 aromatic carbocycles. The molecule has 5 heterocycles. The first-order chi connectivity index (χ1) is 16.4. The topological polar surface area (TPSA) is 102 Å². The third kappa shape index (κ3) is 3.17. The van der Waals surface area contributed by atoms with Gasteiger partial charge in [0.15, 0.2) is 17.2 Å². The molecule has 1 saturated heterocycles. The van der Waals surface area contributed by atoms with Crippen molar-refractivity contribution >= 4 is 33.7 Å². The van der Waals surface area contributed by atoms with Crippen LogP contribution >= 0.6 is 0 Å². The van der Waals surface area contributed by atoms with E-state index < -0.39 is 24.7 Å². The summed E-state index contributed by atoms with van der Waals surface area (Å²) < 4.78 is 30.4. The molecule has 0 amide bonds. The van der Waals surface area contributed by atoms with Crippen molar-refractivity contribution in [3.05, 3.63) is 76.5 Å². The fraction of sp³-hybridized carbons (Fsp3) is 0.182. The van der Waals surface area contributed by atoms with E-state index in [0.717, 1.165) is 5.56 Å². The Hall–Kier alpha value is -4.66. The molecule has 0 unspecified atom stereocenters. The number of fused-ring (bicyclic) bond motifs is 2. The molecule has 0 bridgehead atoms. The fourth-order valence-corrected chi connectivity index (χ4v) is 4.05. The molecule has 5 aromatic rings. The lowest BCUT2D eigenvalue weighted by atomic mass is 10.1. The molecular weight excluding hydrogens is 444 g/mol. The first-order valence-electron chi connectivity index (χ1n) is 10.3. The number of imidazole rings is 2. The predicted molar refractivity (Wildman–Crippen MR) is 120 cm³/mol. The molecule has 1 N–H and O–H groups in total. The lowest BCUT2D eigenvalue weighted by molar-refractivity contribution is -0.0265. The van der Waals surface area contributed by atoms with Crippen LogP contribution in [0.25, 0.3) is 33.0 Å². The van der Waals surface area contributed by atoms with Crippen LogP contribution in [0.3, 0.4) is 0 Å². The highest BCUT2D eigenvalue weighted by atomic mass is 19.3. The minimum absolute atomic E-state index is 0.154. The predicted octanol–water partition coefficient (Wildman–Crippen LogP) is 2.91. The van der Waals surface area contributed by atoms with Crippen LogP contribution in [0.5, 0.6) is 0 Å². The average Bonchev–Trinajstić information content (AvgIpc) is 3.38. The van der Waals surface area contributed by atoms with Crippen LogP contribution in [0.2, 0.25) is 0 Å². The van der Waals surface area contributed by atoms with Crippen molar-refractivity contribution in [2.75, 3.05) is 18.0 Å². The molecule has 1 aliphatic heterocycles. The van der Waals surface area contributed by atoms with Crippen LogP contribution in [0.15, 0.2) is 53.8 Å². The zero-order valence-electron chi connectivity index (χ0n) is 17.5. The van der Waals surface area contributed by atoms with E-state index in [0.29, 0.717) is 16.7 Å². The summed E-state index contributed by atoms with van der Waals surface area (Å²) in [7, 11) is 0. The second-order valence-corrected chi connectivity index (χ2v) is 8.03.